The molecule has 21 heavy (non-hydrogen) atoms. The van der Waals surface area contributed by atoms with Gasteiger partial charge >= 0.3 is 12.1 Å². The average Bonchev–Trinajstić information content (AvgIpc) is 2.37. The topological polar surface area (TPSA) is 63.1 Å². The molecule has 0 saturated heterocycles. The summed E-state index contributed by atoms with van der Waals surface area (Å²) in [5, 5.41) is 8.89. The first-order valence-corrected chi connectivity index (χ1v) is 6.99. The molecule has 0 bridgehead atoms. The summed E-state index contributed by atoms with van der Waals surface area (Å²) < 4.78 is 38.3. The van der Waals surface area contributed by atoms with E-state index >= 15 is 0 Å². The normalized spacial score (nSPS) is 11.4. The number of aromatic carboxylic acids is 1. The molecule has 0 aliphatic carbocycles. The average molecular weight is 379 g/mol. The van der Waals surface area contributed by atoms with E-state index in [4.69, 9.17) is 5.11 Å². The molecule has 2 aromatic rings. The molecule has 1 aromatic carbocycles. The molecule has 2 rings (SSSR count). The van der Waals surface area contributed by atoms with Gasteiger partial charge < -0.3 is 5.11 Å². The second-order valence-electron chi connectivity index (χ2n) is 3.77. The van der Waals surface area contributed by atoms with Gasteiger partial charge in [-0.25, -0.2) is 14.8 Å². The molecule has 0 saturated carbocycles. The predicted octanol–water partition coefficient (Wildman–Crippen LogP) is 4.11. The summed E-state index contributed by atoms with van der Waals surface area (Å²) in [5.41, 5.74) is -1.11. The van der Waals surface area contributed by atoms with E-state index in [0.29, 0.717) is 4.47 Å². The van der Waals surface area contributed by atoms with Gasteiger partial charge in [-0.2, -0.15) is 13.2 Å². The van der Waals surface area contributed by atoms with Gasteiger partial charge in [-0.3, -0.25) is 0 Å². The zero-order valence-corrected chi connectivity index (χ0v) is 12.5. The largest absolute Gasteiger partial charge is 0.478 e. The van der Waals surface area contributed by atoms with Gasteiger partial charge in [0.2, 0.25) is 0 Å². The van der Waals surface area contributed by atoms with Crippen LogP contribution in [0.1, 0.15) is 16.1 Å². The van der Waals surface area contributed by atoms with E-state index in [2.05, 4.69) is 25.9 Å². The molecule has 1 heterocycles. The Bertz CT molecular complexity index is 694. The lowest BCUT2D eigenvalue weighted by molar-refractivity contribution is -0.141. The Kier molecular flexibility index (Phi) is 4.52. The van der Waals surface area contributed by atoms with Gasteiger partial charge in [0.15, 0.2) is 5.16 Å². The summed E-state index contributed by atoms with van der Waals surface area (Å²) in [6.07, 6.45) is -3.60. The zero-order valence-electron chi connectivity index (χ0n) is 10.1. The van der Waals surface area contributed by atoms with E-state index in [9.17, 15) is 18.0 Å². The van der Waals surface area contributed by atoms with Crippen LogP contribution in [0, 0.1) is 0 Å². The van der Waals surface area contributed by atoms with Crippen molar-refractivity contribution in [2.45, 2.75) is 16.2 Å². The van der Waals surface area contributed by atoms with Crippen molar-refractivity contribution in [2.24, 2.45) is 0 Å². The molecule has 4 nitrogen and oxygen atoms in total. The van der Waals surface area contributed by atoms with Crippen LogP contribution in [0.2, 0.25) is 0 Å². The number of benzene rings is 1. The van der Waals surface area contributed by atoms with E-state index < -0.39 is 17.8 Å². The number of hydrogen-bond acceptors (Lipinski definition) is 4. The molecule has 0 aliphatic heterocycles. The van der Waals surface area contributed by atoms with Crippen LogP contribution in [0.25, 0.3) is 0 Å². The van der Waals surface area contributed by atoms with E-state index in [1.165, 1.54) is 18.2 Å². The predicted molar refractivity (Wildman–Crippen MR) is 72.3 cm³/mol. The number of rotatable bonds is 3. The zero-order chi connectivity index (χ0) is 15.6. The lowest BCUT2D eigenvalue weighted by Crippen LogP contribution is -2.08. The molecule has 0 fully saturated rings. The summed E-state index contributed by atoms with van der Waals surface area (Å²) in [5.74, 6) is -1.18. The first-order chi connectivity index (χ1) is 9.77. The number of alkyl halides is 3. The molecule has 0 radical (unpaired) electrons. The Morgan fingerprint density at radius 1 is 1.29 bits per heavy atom. The Morgan fingerprint density at radius 3 is 2.62 bits per heavy atom. The highest BCUT2D eigenvalue weighted by molar-refractivity contribution is 9.10. The number of carboxylic acid groups (broad SMARTS) is 1. The maximum atomic E-state index is 12.6. The minimum absolute atomic E-state index is 0.0378. The molecule has 0 unspecified atom stereocenters. The van der Waals surface area contributed by atoms with E-state index in [1.54, 1.807) is 0 Å². The van der Waals surface area contributed by atoms with Gasteiger partial charge in [0.1, 0.15) is 5.69 Å². The minimum Gasteiger partial charge on any atom is -0.478 e. The maximum Gasteiger partial charge on any atom is 0.433 e. The van der Waals surface area contributed by atoms with E-state index in [1.807, 2.05) is 0 Å². The first-order valence-electron chi connectivity index (χ1n) is 5.38. The van der Waals surface area contributed by atoms with Crippen LogP contribution in [0.15, 0.2) is 45.0 Å². The van der Waals surface area contributed by atoms with Crippen LogP contribution in [-0.2, 0) is 6.18 Å². The summed E-state index contributed by atoms with van der Waals surface area (Å²) >= 11 is 3.93. The van der Waals surface area contributed by atoms with Gasteiger partial charge in [0.05, 0.1) is 5.56 Å². The third kappa shape index (κ3) is 3.94. The van der Waals surface area contributed by atoms with Gasteiger partial charge in [0, 0.05) is 15.6 Å². The summed E-state index contributed by atoms with van der Waals surface area (Å²) in [7, 11) is 0. The van der Waals surface area contributed by atoms with Gasteiger partial charge in [-0.1, -0.05) is 15.9 Å². The van der Waals surface area contributed by atoms with Crippen molar-refractivity contribution >= 4 is 33.7 Å². The molecular weight excluding hydrogens is 373 g/mol. The van der Waals surface area contributed by atoms with Crippen LogP contribution >= 0.6 is 27.7 Å². The van der Waals surface area contributed by atoms with Crippen molar-refractivity contribution in [3.63, 3.8) is 0 Å². The fraction of sp³-hybridized carbons (Fsp3) is 0.0833. The first kappa shape index (κ1) is 15.8. The highest BCUT2D eigenvalue weighted by Gasteiger charge is 2.32. The monoisotopic (exact) mass is 378 g/mol. The lowest BCUT2D eigenvalue weighted by Gasteiger charge is -2.08. The van der Waals surface area contributed by atoms with Crippen molar-refractivity contribution < 1.29 is 23.1 Å². The van der Waals surface area contributed by atoms with Crippen molar-refractivity contribution in [1.82, 2.24) is 9.97 Å². The quantitative estimate of drug-likeness (QED) is 0.814. The second kappa shape index (κ2) is 6.02. The van der Waals surface area contributed by atoms with Crippen LogP contribution < -0.4 is 0 Å². The number of hydrogen-bond donors (Lipinski definition) is 1. The minimum atomic E-state index is -4.58. The fourth-order valence-corrected chi connectivity index (χ4v) is 2.82. The van der Waals surface area contributed by atoms with Gasteiger partial charge in [-0.05, 0) is 36.0 Å². The molecule has 0 amide bonds. The Morgan fingerprint density at radius 2 is 2.00 bits per heavy atom. The SMILES string of the molecule is O=C(O)c1ccc(Br)cc1Sc1nccc(C(F)(F)F)n1. The molecular formula is C12H6BrF3N2O2S. The van der Waals surface area contributed by atoms with Crippen LogP contribution in [0.5, 0.6) is 0 Å². The van der Waals surface area contributed by atoms with Crippen molar-refractivity contribution in [2.75, 3.05) is 0 Å². The molecule has 0 atom stereocenters. The maximum absolute atomic E-state index is 12.6. The highest BCUT2D eigenvalue weighted by atomic mass is 79.9. The molecule has 1 N–H and O–H groups in total. The standard InChI is InChI=1S/C12H6BrF3N2O2S/c13-6-1-2-7(10(19)20)8(5-6)21-11-17-4-3-9(18-11)12(14,15)16/h1-5H,(H,19,20). The Labute approximate surface area is 129 Å². The molecule has 0 spiro atoms. The van der Waals surface area contributed by atoms with Crippen LogP contribution in [-0.4, -0.2) is 21.0 Å². The van der Waals surface area contributed by atoms with Gasteiger partial charge in [-0.15, -0.1) is 0 Å². The van der Waals surface area contributed by atoms with Gasteiger partial charge in [0.25, 0.3) is 0 Å². The Balaban J connectivity index is 2.39. The summed E-state index contributed by atoms with van der Waals surface area (Å²) in [6, 6.07) is 5.11. The molecule has 0 aliphatic rings. The van der Waals surface area contributed by atoms with Crippen LogP contribution in [0.3, 0.4) is 0 Å². The van der Waals surface area contributed by atoms with E-state index in [-0.39, 0.29) is 15.6 Å². The third-order valence-corrected chi connectivity index (χ3v) is 3.73. The smallest absolute Gasteiger partial charge is 0.433 e. The molecule has 1 aromatic heterocycles. The molecule has 9 heteroatoms. The highest BCUT2D eigenvalue weighted by Crippen LogP contribution is 2.33. The summed E-state index contributed by atoms with van der Waals surface area (Å²) in [6.45, 7) is 0. The Hall–Kier alpha value is -1.61. The van der Waals surface area contributed by atoms with Crippen molar-refractivity contribution in [1.29, 1.82) is 0 Å². The number of halogens is 4. The third-order valence-electron chi connectivity index (χ3n) is 2.30. The summed E-state index contributed by atoms with van der Waals surface area (Å²) in [4.78, 5) is 18.5. The van der Waals surface area contributed by atoms with E-state index in [0.717, 1.165) is 24.0 Å². The second-order valence-corrected chi connectivity index (χ2v) is 5.69. The van der Waals surface area contributed by atoms with Crippen molar-refractivity contribution in [3.05, 3.63) is 46.2 Å². The lowest BCUT2D eigenvalue weighted by atomic mass is 10.2. The fourth-order valence-electron chi connectivity index (χ4n) is 1.40. The number of nitrogens with zero attached hydrogens (tertiary/aromatic N) is 2. The number of aromatic nitrogens is 2. The van der Waals surface area contributed by atoms with Crippen molar-refractivity contribution in [3.8, 4) is 0 Å². The van der Waals surface area contributed by atoms with Crippen LogP contribution in [0.4, 0.5) is 13.2 Å². The number of carboxylic acids is 1. The number of carbonyl (C=O) groups is 1. The molecule has 110 valence electrons.